The molecular weight excluding hydrogens is 210 g/mol. The highest BCUT2D eigenvalue weighted by molar-refractivity contribution is 6.33. The molecule has 2 N–H and O–H groups in total. The fourth-order valence-corrected chi connectivity index (χ4v) is 1.34. The maximum atomic E-state index is 11.1. The second kappa shape index (κ2) is 2.85. The summed E-state index contributed by atoms with van der Waals surface area (Å²) in [6, 6.07) is 1.24. The van der Waals surface area contributed by atoms with Gasteiger partial charge in [-0.05, 0) is 6.07 Å². The maximum absolute atomic E-state index is 11.1. The largest absolute Gasteiger partial charge is 0.478 e. The third kappa shape index (κ3) is 1.16. The van der Waals surface area contributed by atoms with Crippen molar-refractivity contribution in [2.24, 2.45) is 0 Å². The molecule has 0 aliphatic heterocycles. The predicted octanol–water partition coefficient (Wildman–Crippen LogP) is 0.374. The summed E-state index contributed by atoms with van der Waals surface area (Å²) in [5, 5.41) is 14.6. The Morgan fingerprint density at radius 3 is 3.00 bits per heavy atom. The number of aromatic amines is 1. The smallest absolute Gasteiger partial charge is 0.347 e. The van der Waals surface area contributed by atoms with E-state index in [-0.39, 0.29) is 16.2 Å². The number of carbonyl (C=O) groups is 1. The van der Waals surface area contributed by atoms with Crippen molar-refractivity contribution >= 4 is 23.2 Å². The molecule has 0 saturated carbocycles. The predicted molar refractivity (Wildman–Crippen MR) is 47.8 cm³/mol. The Morgan fingerprint density at radius 2 is 2.36 bits per heavy atom. The minimum atomic E-state index is -1.15. The van der Waals surface area contributed by atoms with Crippen LogP contribution in [0.4, 0.5) is 0 Å². The Morgan fingerprint density at radius 1 is 1.64 bits per heavy atom. The van der Waals surface area contributed by atoms with Crippen molar-refractivity contribution in [2.75, 3.05) is 0 Å². The van der Waals surface area contributed by atoms with Crippen molar-refractivity contribution in [3.8, 4) is 0 Å². The molecule has 2 rings (SSSR count). The highest BCUT2D eigenvalue weighted by Crippen LogP contribution is 2.15. The molecule has 6 nitrogen and oxygen atoms in total. The van der Waals surface area contributed by atoms with Gasteiger partial charge in [0.15, 0.2) is 5.65 Å². The topological polar surface area (TPSA) is 87.5 Å². The number of nitrogens with zero attached hydrogens (tertiary/aromatic N) is 2. The van der Waals surface area contributed by atoms with Crippen LogP contribution in [0.2, 0.25) is 5.02 Å². The van der Waals surface area contributed by atoms with E-state index >= 15 is 0 Å². The molecule has 2 aromatic rings. The number of pyridine rings is 1. The molecule has 7 heteroatoms. The van der Waals surface area contributed by atoms with Crippen molar-refractivity contribution in [3.63, 3.8) is 0 Å². The van der Waals surface area contributed by atoms with Gasteiger partial charge in [-0.25, -0.2) is 19.1 Å². The number of rotatable bonds is 1. The van der Waals surface area contributed by atoms with E-state index in [0.717, 1.165) is 10.6 Å². The standard InChI is InChI=1S/C7H4ClN3O3/c8-4-1-3(6(12)13)2-11-5(4)9-10-7(11)14/h1-2H,(H,10,14)(H,12,13). The van der Waals surface area contributed by atoms with Crippen LogP contribution in [-0.2, 0) is 0 Å². The minimum absolute atomic E-state index is 0.0639. The van der Waals surface area contributed by atoms with E-state index in [1.54, 1.807) is 0 Å². The minimum Gasteiger partial charge on any atom is -0.478 e. The number of H-pyrrole nitrogens is 1. The van der Waals surface area contributed by atoms with Crippen molar-refractivity contribution in [3.05, 3.63) is 33.3 Å². The van der Waals surface area contributed by atoms with Crippen LogP contribution in [-0.4, -0.2) is 25.7 Å². The van der Waals surface area contributed by atoms with Gasteiger partial charge in [-0.2, -0.15) is 5.10 Å². The van der Waals surface area contributed by atoms with E-state index in [1.807, 2.05) is 0 Å². The van der Waals surface area contributed by atoms with Gasteiger partial charge < -0.3 is 5.11 Å². The first-order valence-corrected chi connectivity index (χ1v) is 3.97. The number of hydrogen-bond acceptors (Lipinski definition) is 3. The summed E-state index contributed by atoms with van der Waals surface area (Å²) in [4.78, 5) is 21.7. The molecule has 0 aliphatic carbocycles. The van der Waals surface area contributed by atoms with E-state index in [9.17, 15) is 9.59 Å². The van der Waals surface area contributed by atoms with Gasteiger partial charge >= 0.3 is 11.7 Å². The molecule has 2 aromatic heterocycles. The molecule has 72 valence electrons. The first-order valence-electron chi connectivity index (χ1n) is 3.59. The van der Waals surface area contributed by atoms with Gasteiger partial charge in [0.05, 0.1) is 10.6 Å². The highest BCUT2D eigenvalue weighted by Gasteiger charge is 2.10. The average Bonchev–Trinajstić information content (AvgIpc) is 2.48. The average molecular weight is 214 g/mol. The molecule has 0 aliphatic rings. The van der Waals surface area contributed by atoms with Crippen molar-refractivity contribution in [1.82, 2.24) is 14.6 Å². The van der Waals surface area contributed by atoms with Crippen LogP contribution in [0.25, 0.3) is 5.65 Å². The van der Waals surface area contributed by atoms with Gasteiger partial charge in [-0.15, -0.1) is 0 Å². The van der Waals surface area contributed by atoms with Crippen LogP contribution in [0.3, 0.4) is 0 Å². The fraction of sp³-hybridized carbons (Fsp3) is 0. The molecule has 0 radical (unpaired) electrons. The number of hydrogen-bond donors (Lipinski definition) is 2. The van der Waals surface area contributed by atoms with Crippen molar-refractivity contribution < 1.29 is 9.90 Å². The molecule has 2 heterocycles. The highest BCUT2D eigenvalue weighted by atomic mass is 35.5. The van der Waals surface area contributed by atoms with E-state index in [0.29, 0.717) is 0 Å². The lowest BCUT2D eigenvalue weighted by atomic mass is 10.3. The van der Waals surface area contributed by atoms with Crippen molar-refractivity contribution in [1.29, 1.82) is 0 Å². The zero-order valence-corrected chi connectivity index (χ0v) is 7.45. The maximum Gasteiger partial charge on any atom is 0.347 e. The zero-order valence-electron chi connectivity index (χ0n) is 6.69. The van der Waals surface area contributed by atoms with Gasteiger partial charge in [0, 0.05) is 6.20 Å². The molecule has 0 spiro atoms. The van der Waals surface area contributed by atoms with Crippen LogP contribution < -0.4 is 5.69 Å². The van der Waals surface area contributed by atoms with Crippen LogP contribution in [0.5, 0.6) is 0 Å². The summed E-state index contributed by atoms with van der Waals surface area (Å²) in [5.41, 5.74) is -0.377. The molecule has 0 aromatic carbocycles. The Hall–Kier alpha value is -1.82. The molecule has 0 saturated heterocycles. The third-order valence-corrected chi connectivity index (χ3v) is 1.99. The van der Waals surface area contributed by atoms with E-state index in [4.69, 9.17) is 16.7 Å². The number of carboxylic acids is 1. The Kier molecular flexibility index (Phi) is 1.78. The van der Waals surface area contributed by atoms with Crippen LogP contribution in [0, 0.1) is 0 Å². The summed E-state index contributed by atoms with van der Waals surface area (Å²) < 4.78 is 1.05. The molecule has 0 bridgehead atoms. The van der Waals surface area contributed by atoms with Gasteiger partial charge in [-0.3, -0.25) is 0 Å². The number of carboxylic acid groups (broad SMARTS) is 1. The van der Waals surface area contributed by atoms with E-state index in [2.05, 4.69) is 10.2 Å². The van der Waals surface area contributed by atoms with Gasteiger partial charge in [0.25, 0.3) is 0 Å². The van der Waals surface area contributed by atoms with Crippen LogP contribution in [0.15, 0.2) is 17.1 Å². The quantitative estimate of drug-likeness (QED) is 0.717. The Balaban J connectivity index is 2.89. The molecule has 14 heavy (non-hydrogen) atoms. The monoisotopic (exact) mass is 213 g/mol. The number of nitrogens with one attached hydrogen (secondary N) is 1. The summed E-state index contributed by atoms with van der Waals surface area (Å²) in [5.74, 6) is -1.15. The van der Waals surface area contributed by atoms with Crippen LogP contribution >= 0.6 is 11.6 Å². The van der Waals surface area contributed by atoms with E-state index in [1.165, 1.54) is 6.07 Å². The van der Waals surface area contributed by atoms with Crippen LogP contribution in [0.1, 0.15) is 10.4 Å². The third-order valence-electron chi connectivity index (χ3n) is 1.72. The second-order valence-electron chi connectivity index (χ2n) is 2.60. The molecule has 0 unspecified atom stereocenters. The zero-order chi connectivity index (χ0) is 10.3. The number of aromatic nitrogens is 3. The SMILES string of the molecule is O=C(O)c1cc(Cl)c2n[nH]c(=O)n2c1. The number of aromatic carboxylic acids is 1. The number of fused-ring (bicyclic) bond motifs is 1. The molecule has 0 atom stereocenters. The van der Waals surface area contributed by atoms with E-state index < -0.39 is 11.7 Å². The number of halogens is 1. The lowest BCUT2D eigenvalue weighted by Gasteiger charge is -1.97. The van der Waals surface area contributed by atoms with Gasteiger partial charge in [-0.1, -0.05) is 11.6 Å². The first kappa shape index (κ1) is 8.76. The van der Waals surface area contributed by atoms with Gasteiger partial charge in [0.1, 0.15) is 0 Å². The second-order valence-corrected chi connectivity index (χ2v) is 3.01. The first-order chi connectivity index (χ1) is 6.59. The summed E-state index contributed by atoms with van der Waals surface area (Å²) in [7, 11) is 0. The van der Waals surface area contributed by atoms with Gasteiger partial charge in [0.2, 0.25) is 0 Å². The fourth-order valence-electron chi connectivity index (χ4n) is 1.09. The molecule has 0 amide bonds. The Labute approximate surface area is 81.7 Å². The molecular formula is C7H4ClN3O3. The lowest BCUT2D eigenvalue weighted by molar-refractivity contribution is 0.0696. The lowest BCUT2D eigenvalue weighted by Crippen LogP contribution is -2.11. The summed E-state index contributed by atoms with van der Waals surface area (Å²) in [6.45, 7) is 0. The van der Waals surface area contributed by atoms with Crippen molar-refractivity contribution in [2.45, 2.75) is 0 Å². The summed E-state index contributed by atoms with van der Waals surface area (Å²) >= 11 is 5.71. The molecule has 0 fully saturated rings. The summed E-state index contributed by atoms with van der Waals surface area (Å²) in [6.07, 6.45) is 1.16. The Bertz CT molecular complexity index is 571. The normalized spacial score (nSPS) is 10.6.